The summed E-state index contributed by atoms with van der Waals surface area (Å²) >= 11 is 12.4. The minimum absolute atomic E-state index is 0.0863. The van der Waals surface area contributed by atoms with Gasteiger partial charge in [-0.2, -0.15) is 13.2 Å². The molecule has 2 amide bonds. The minimum atomic E-state index is -4.49. The van der Waals surface area contributed by atoms with Crippen LogP contribution in [0, 0.1) is 5.82 Å². The van der Waals surface area contributed by atoms with E-state index in [1.807, 2.05) is 6.92 Å². The minimum Gasteiger partial charge on any atom is -0.437 e. The first-order valence-electron chi connectivity index (χ1n) is 14.2. The molecule has 0 aromatic heterocycles. The second kappa shape index (κ2) is 12.6. The molecule has 0 aliphatic carbocycles. The van der Waals surface area contributed by atoms with Crippen molar-refractivity contribution < 1.29 is 31.9 Å². The average Bonchev–Trinajstić information content (AvgIpc) is 2.99. The predicted octanol–water partition coefficient (Wildman–Crippen LogP) is 7.91. The number of hydrogen-bond acceptors (Lipinski definition) is 4. The van der Waals surface area contributed by atoms with Gasteiger partial charge in [-0.3, -0.25) is 9.69 Å². The summed E-state index contributed by atoms with van der Waals surface area (Å²) in [6.07, 6.45) is -3.75. The molecule has 1 N–H and O–H groups in total. The summed E-state index contributed by atoms with van der Waals surface area (Å²) in [6.45, 7) is 2.94. The Morgan fingerprint density at radius 3 is 2.45 bits per heavy atom. The number of amides is 2. The lowest BCUT2D eigenvalue weighted by Crippen LogP contribution is -2.52. The molecular formula is C32H31Cl2F4N3O3. The monoisotopic (exact) mass is 651 g/mol. The van der Waals surface area contributed by atoms with E-state index in [2.05, 4.69) is 10.2 Å². The smallest absolute Gasteiger partial charge is 0.416 e. The number of carbonyl (C=O) groups is 2. The number of carbonyl (C=O) groups excluding carboxylic acids is 2. The summed E-state index contributed by atoms with van der Waals surface area (Å²) in [5, 5.41) is 3.40. The molecule has 3 aromatic carbocycles. The highest BCUT2D eigenvalue weighted by molar-refractivity contribution is 6.42. The van der Waals surface area contributed by atoms with E-state index >= 15 is 0 Å². The molecule has 1 spiro atoms. The third kappa shape index (κ3) is 6.67. The lowest BCUT2D eigenvalue weighted by atomic mass is 9.81. The van der Waals surface area contributed by atoms with Crippen LogP contribution in [-0.4, -0.2) is 43.1 Å². The zero-order chi connectivity index (χ0) is 31.8. The maximum atomic E-state index is 14.3. The summed E-state index contributed by atoms with van der Waals surface area (Å²) in [5.41, 5.74) is 0.441. The molecule has 6 nitrogen and oxygen atoms in total. The number of fused-ring (bicyclic) bond motifs is 2. The van der Waals surface area contributed by atoms with Crippen LogP contribution in [0.25, 0.3) is 0 Å². The highest BCUT2D eigenvalue weighted by Crippen LogP contribution is 2.46. The van der Waals surface area contributed by atoms with Crippen molar-refractivity contribution in [3.8, 4) is 0 Å². The fraction of sp³-hybridized carbons (Fsp3) is 0.375. The maximum absolute atomic E-state index is 14.3. The van der Waals surface area contributed by atoms with Gasteiger partial charge in [-0.05, 0) is 66.9 Å². The third-order valence-electron chi connectivity index (χ3n) is 8.56. The third-order valence-corrected chi connectivity index (χ3v) is 9.30. The number of halogens is 6. The molecule has 3 aromatic rings. The van der Waals surface area contributed by atoms with Crippen LogP contribution in [-0.2, 0) is 27.9 Å². The lowest BCUT2D eigenvalue weighted by Gasteiger charge is -2.47. The van der Waals surface area contributed by atoms with Crippen molar-refractivity contribution in [1.29, 1.82) is 0 Å². The fourth-order valence-corrected chi connectivity index (χ4v) is 6.34. The van der Waals surface area contributed by atoms with Crippen LogP contribution in [0.3, 0.4) is 0 Å². The Labute approximate surface area is 262 Å². The second-order valence-electron chi connectivity index (χ2n) is 11.3. The summed E-state index contributed by atoms with van der Waals surface area (Å²) in [7, 11) is 1.59. The van der Waals surface area contributed by atoms with E-state index in [1.54, 1.807) is 31.3 Å². The first-order chi connectivity index (χ1) is 20.8. The van der Waals surface area contributed by atoms with Gasteiger partial charge in [0.2, 0.25) is 5.91 Å². The standard InChI is InChI=1S/C32H31Cl2F4N3O3/c1-19(41-12-10-31(11-13-41)25-17-23(35)7-9-28(25)40(2)30(43)44-31)14-24(21-6-8-26(33)27(34)16-21)29(42)39-18-20-4-3-5-22(15-20)32(36,37)38/h3-9,15-17,19,24H,10-14,18H2,1-2H3,(H,39,42). The number of nitrogens with one attached hydrogen (secondary N) is 1. The molecule has 5 rings (SSSR count). The maximum Gasteiger partial charge on any atom is 0.416 e. The summed E-state index contributed by atoms with van der Waals surface area (Å²) in [4.78, 5) is 29.8. The quantitative estimate of drug-likeness (QED) is 0.264. The number of anilines is 1. The lowest BCUT2D eigenvalue weighted by molar-refractivity contribution is -0.137. The molecule has 2 unspecified atom stereocenters. The number of benzene rings is 3. The van der Waals surface area contributed by atoms with Gasteiger partial charge in [-0.15, -0.1) is 0 Å². The SMILES string of the molecule is CC(CC(C(=O)NCc1cccc(C(F)(F)F)c1)c1ccc(Cl)c(Cl)c1)N1CCC2(CC1)OC(=O)N(C)c1ccc(F)cc12. The van der Waals surface area contributed by atoms with Crippen LogP contribution in [0.15, 0.2) is 60.7 Å². The topological polar surface area (TPSA) is 61.9 Å². The van der Waals surface area contributed by atoms with E-state index in [9.17, 15) is 27.2 Å². The Morgan fingerprint density at radius 2 is 1.77 bits per heavy atom. The van der Waals surface area contributed by atoms with Crippen molar-refractivity contribution in [2.45, 2.75) is 56.5 Å². The van der Waals surface area contributed by atoms with Gasteiger partial charge in [-0.1, -0.05) is 41.4 Å². The zero-order valence-electron chi connectivity index (χ0n) is 24.1. The van der Waals surface area contributed by atoms with Crippen molar-refractivity contribution in [2.24, 2.45) is 0 Å². The Balaban J connectivity index is 1.31. The van der Waals surface area contributed by atoms with Gasteiger partial charge in [0.25, 0.3) is 0 Å². The highest BCUT2D eigenvalue weighted by Gasteiger charge is 2.47. The average molecular weight is 653 g/mol. The summed E-state index contributed by atoms with van der Waals surface area (Å²) in [6, 6.07) is 14.0. The van der Waals surface area contributed by atoms with E-state index in [0.717, 1.165) is 12.1 Å². The van der Waals surface area contributed by atoms with Crippen LogP contribution in [0.1, 0.15) is 54.4 Å². The molecule has 0 saturated carbocycles. The van der Waals surface area contributed by atoms with Gasteiger partial charge >= 0.3 is 12.3 Å². The van der Waals surface area contributed by atoms with E-state index in [-0.39, 0.29) is 23.5 Å². The van der Waals surface area contributed by atoms with Crippen LogP contribution >= 0.6 is 23.2 Å². The number of hydrogen-bond donors (Lipinski definition) is 1. The normalized spacial score (nSPS) is 18.0. The number of rotatable bonds is 7. The molecule has 1 saturated heterocycles. The number of ether oxygens (including phenoxy) is 1. The molecular weight excluding hydrogens is 621 g/mol. The van der Waals surface area contributed by atoms with Crippen LogP contribution in [0.4, 0.5) is 28.0 Å². The molecule has 12 heteroatoms. The Morgan fingerprint density at radius 1 is 1.05 bits per heavy atom. The fourth-order valence-electron chi connectivity index (χ4n) is 6.04. The van der Waals surface area contributed by atoms with Gasteiger partial charge < -0.3 is 15.0 Å². The van der Waals surface area contributed by atoms with Crippen LogP contribution in [0.2, 0.25) is 10.0 Å². The van der Waals surface area contributed by atoms with Crippen molar-refractivity contribution in [1.82, 2.24) is 10.2 Å². The number of nitrogens with zero attached hydrogens (tertiary/aromatic N) is 2. The molecule has 0 radical (unpaired) electrons. The van der Waals surface area contributed by atoms with E-state index in [4.69, 9.17) is 27.9 Å². The van der Waals surface area contributed by atoms with Gasteiger partial charge in [-0.25, -0.2) is 9.18 Å². The number of piperidine rings is 1. The van der Waals surface area contributed by atoms with E-state index in [1.165, 1.54) is 29.2 Å². The number of alkyl halides is 3. The Bertz CT molecular complexity index is 1560. The highest BCUT2D eigenvalue weighted by atomic mass is 35.5. The first kappa shape index (κ1) is 32.1. The van der Waals surface area contributed by atoms with Crippen molar-refractivity contribution in [3.63, 3.8) is 0 Å². The molecule has 2 aliphatic rings. The molecule has 1 fully saturated rings. The van der Waals surface area contributed by atoms with Crippen molar-refractivity contribution >= 4 is 40.9 Å². The second-order valence-corrected chi connectivity index (χ2v) is 12.2. The van der Waals surface area contributed by atoms with Gasteiger partial charge in [0.05, 0.1) is 27.2 Å². The molecule has 44 heavy (non-hydrogen) atoms. The molecule has 234 valence electrons. The zero-order valence-corrected chi connectivity index (χ0v) is 25.6. The summed E-state index contributed by atoms with van der Waals surface area (Å²) < 4.78 is 59.7. The van der Waals surface area contributed by atoms with Gasteiger partial charge in [0, 0.05) is 51.1 Å². The van der Waals surface area contributed by atoms with E-state index in [0.29, 0.717) is 59.8 Å². The largest absolute Gasteiger partial charge is 0.437 e. The van der Waals surface area contributed by atoms with Crippen LogP contribution in [0.5, 0.6) is 0 Å². The number of likely N-dealkylation sites (tertiary alicyclic amines) is 1. The Kier molecular flexibility index (Phi) is 9.16. The first-order valence-corrected chi connectivity index (χ1v) is 14.9. The molecule has 0 bridgehead atoms. The Hall–Kier alpha value is -3.34. The predicted molar refractivity (Wildman–Crippen MR) is 160 cm³/mol. The van der Waals surface area contributed by atoms with Gasteiger partial charge in [0.15, 0.2) is 0 Å². The molecule has 2 aliphatic heterocycles. The van der Waals surface area contributed by atoms with E-state index < -0.39 is 35.2 Å². The molecule has 2 atom stereocenters. The van der Waals surface area contributed by atoms with Crippen molar-refractivity contribution in [3.05, 3.63) is 98.8 Å². The summed E-state index contributed by atoms with van der Waals surface area (Å²) in [5.74, 6) is -1.46. The van der Waals surface area contributed by atoms with Crippen molar-refractivity contribution in [2.75, 3.05) is 25.0 Å². The van der Waals surface area contributed by atoms with Gasteiger partial charge in [0.1, 0.15) is 11.4 Å². The molecule has 2 heterocycles. The van der Waals surface area contributed by atoms with Crippen LogP contribution < -0.4 is 10.2 Å².